The number of hydrogen-bond donors (Lipinski definition) is 1. The molecule has 1 atom stereocenters. The van der Waals surface area contributed by atoms with Crippen molar-refractivity contribution < 1.29 is 9.42 Å². The second kappa shape index (κ2) is 10.5. The fraction of sp³-hybridized carbons (Fsp3) is 0.600. The summed E-state index contributed by atoms with van der Waals surface area (Å²) in [5.74, 6) is 0. The van der Waals surface area contributed by atoms with Crippen molar-refractivity contribution in [3.63, 3.8) is 0 Å². The summed E-state index contributed by atoms with van der Waals surface area (Å²) in [4.78, 5) is 9.84. The van der Waals surface area contributed by atoms with Gasteiger partial charge in [-0.2, -0.15) is 0 Å². The van der Waals surface area contributed by atoms with Crippen molar-refractivity contribution >= 4 is 13.7 Å². The van der Waals surface area contributed by atoms with Crippen LogP contribution in [-0.4, -0.2) is 11.5 Å². The second-order valence-electron chi connectivity index (χ2n) is 4.56. The Bertz CT molecular complexity index is 290. The molecule has 3 heteroatoms. The van der Waals surface area contributed by atoms with Crippen LogP contribution in [0.1, 0.15) is 51.9 Å². The normalized spacial score (nSPS) is 12.6. The zero-order chi connectivity index (χ0) is 13.1. The molecule has 1 unspecified atom stereocenters. The number of rotatable bonds is 10. The van der Waals surface area contributed by atoms with E-state index in [0.717, 1.165) is 11.7 Å². The predicted molar refractivity (Wildman–Crippen MR) is 79.2 cm³/mol. The largest absolute Gasteiger partial charge is 0.346 e. The van der Waals surface area contributed by atoms with Gasteiger partial charge in [0.25, 0.3) is 0 Å². The maximum atomic E-state index is 9.84. The van der Waals surface area contributed by atoms with E-state index in [1.54, 1.807) is 0 Å². The summed E-state index contributed by atoms with van der Waals surface area (Å²) in [6, 6.07) is 9.63. The van der Waals surface area contributed by atoms with Crippen LogP contribution in [0.3, 0.4) is 0 Å². The first kappa shape index (κ1) is 15.6. The van der Waals surface area contributed by atoms with E-state index in [1.165, 1.54) is 38.5 Å². The van der Waals surface area contributed by atoms with E-state index in [2.05, 4.69) is 6.92 Å². The van der Waals surface area contributed by atoms with Gasteiger partial charge in [-0.25, -0.2) is 0 Å². The summed E-state index contributed by atoms with van der Waals surface area (Å²) >= 11 is 0. The van der Waals surface area contributed by atoms with Crippen molar-refractivity contribution in [1.82, 2.24) is 0 Å². The van der Waals surface area contributed by atoms with Gasteiger partial charge >= 0.3 is 0 Å². The van der Waals surface area contributed by atoms with Gasteiger partial charge in [-0.1, -0.05) is 63.6 Å². The third-order valence-corrected chi connectivity index (χ3v) is 4.11. The van der Waals surface area contributed by atoms with Gasteiger partial charge in [0.2, 0.25) is 8.38 Å². The van der Waals surface area contributed by atoms with Crippen LogP contribution < -0.4 is 5.30 Å². The van der Waals surface area contributed by atoms with Crippen molar-refractivity contribution in [2.75, 3.05) is 6.61 Å². The lowest BCUT2D eigenvalue weighted by Crippen LogP contribution is -2.02. The molecule has 0 spiro atoms. The van der Waals surface area contributed by atoms with E-state index >= 15 is 0 Å². The minimum Gasteiger partial charge on any atom is -0.346 e. The van der Waals surface area contributed by atoms with Gasteiger partial charge in [0.05, 0.1) is 6.61 Å². The molecule has 1 aromatic carbocycles. The Kier molecular flexibility index (Phi) is 9.11. The molecule has 0 amide bonds. The highest BCUT2D eigenvalue weighted by Crippen LogP contribution is 2.30. The van der Waals surface area contributed by atoms with E-state index in [4.69, 9.17) is 4.52 Å². The molecular formula is C15H25O2P. The minimum atomic E-state index is -1.41. The summed E-state index contributed by atoms with van der Waals surface area (Å²) in [6.07, 6.45) is 8.90. The van der Waals surface area contributed by atoms with Crippen LogP contribution in [0, 0.1) is 0 Å². The van der Waals surface area contributed by atoms with Crippen molar-refractivity contribution in [3.8, 4) is 0 Å². The van der Waals surface area contributed by atoms with E-state index in [1.807, 2.05) is 30.3 Å². The molecule has 0 bridgehead atoms. The van der Waals surface area contributed by atoms with Crippen LogP contribution in [0.25, 0.3) is 0 Å². The Morgan fingerprint density at radius 1 is 0.944 bits per heavy atom. The summed E-state index contributed by atoms with van der Waals surface area (Å²) in [5.41, 5.74) is 0. The molecule has 0 aliphatic rings. The smallest absolute Gasteiger partial charge is 0.202 e. The van der Waals surface area contributed by atoms with Gasteiger partial charge in [-0.05, 0) is 18.6 Å². The molecule has 102 valence electrons. The quantitative estimate of drug-likeness (QED) is 0.504. The lowest BCUT2D eigenvalue weighted by atomic mass is 10.1. The van der Waals surface area contributed by atoms with Crippen LogP contribution in [0.2, 0.25) is 0 Å². The maximum Gasteiger partial charge on any atom is 0.202 e. The molecule has 0 saturated heterocycles. The highest BCUT2D eigenvalue weighted by atomic mass is 31.2. The topological polar surface area (TPSA) is 29.5 Å². The van der Waals surface area contributed by atoms with Gasteiger partial charge < -0.3 is 9.42 Å². The molecule has 2 nitrogen and oxygen atoms in total. The molecule has 0 aromatic heterocycles. The van der Waals surface area contributed by atoms with E-state index in [-0.39, 0.29) is 0 Å². The molecule has 18 heavy (non-hydrogen) atoms. The molecule has 1 N–H and O–H groups in total. The molecule has 1 rings (SSSR count). The lowest BCUT2D eigenvalue weighted by molar-refractivity contribution is 0.305. The second-order valence-corrected chi connectivity index (χ2v) is 5.88. The Labute approximate surface area is 112 Å². The van der Waals surface area contributed by atoms with Crippen LogP contribution in [0.5, 0.6) is 0 Å². The molecule has 0 saturated carbocycles. The SMILES string of the molecule is CCCCCCCCCOP(O)c1ccccc1. The van der Waals surface area contributed by atoms with Crippen LogP contribution in [0.4, 0.5) is 0 Å². The molecular weight excluding hydrogens is 243 g/mol. The molecule has 0 fully saturated rings. The van der Waals surface area contributed by atoms with Crippen molar-refractivity contribution in [2.45, 2.75) is 51.9 Å². The Balaban J connectivity index is 1.98. The third-order valence-electron chi connectivity index (χ3n) is 2.94. The molecule has 0 heterocycles. The van der Waals surface area contributed by atoms with Crippen LogP contribution in [-0.2, 0) is 4.52 Å². The van der Waals surface area contributed by atoms with Gasteiger partial charge in [-0.3, -0.25) is 0 Å². The Hall–Kier alpha value is -0.430. The summed E-state index contributed by atoms with van der Waals surface area (Å²) in [5, 5.41) is 0.899. The fourth-order valence-electron chi connectivity index (χ4n) is 1.84. The van der Waals surface area contributed by atoms with E-state index in [0.29, 0.717) is 6.61 Å². The average molecular weight is 268 g/mol. The minimum absolute atomic E-state index is 0.672. The third kappa shape index (κ3) is 7.10. The monoisotopic (exact) mass is 268 g/mol. The number of unbranched alkanes of at least 4 members (excludes halogenated alkanes) is 6. The van der Waals surface area contributed by atoms with Gasteiger partial charge in [0.1, 0.15) is 0 Å². The summed E-state index contributed by atoms with van der Waals surface area (Å²) < 4.78 is 5.48. The predicted octanol–water partition coefficient (Wildman–Crippen LogP) is 4.38. The van der Waals surface area contributed by atoms with Gasteiger partial charge in [-0.15, -0.1) is 0 Å². The first-order chi connectivity index (χ1) is 8.84. The Morgan fingerprint density at radius 2 is 1.56 bits per heavy atom. The fourth-order valence-corrected chi connectivity index (χ4v) is 2.72. The number of benzene rings is 1. The van der Waals surface area contributed by atoms with E-state index < -0.39 is 8.38 Å². The number of hydrogen-bond acceptors (Lipinski definition) is 2. The molecule has 1 aromatic rings. The Morgan fingerprint density at radius 3 is 2.22 bits per heavy atom. The molecule has 0 aliphatic carbocycles. The zero-order valence-electron chi connectivity index (χ0n) is 11.3. The summed E-state index contributed by atoms with van der Waals surface area (Å²) in [7, 11) is -1.41. The van der Waals surface area contributed by atoms with Crippen molar-refractivity contribution in [2.24, 2.45) is 0 Å². The molecule has 0 aliphatic heterocycles. The van der Waals surface area contributed by atoms with Crippen molar-refractivity contribution in [1.29, 1.82) is 0 Å². The van der Waals surface area contributed by atoms with Crippen LogP contribution in [0.15, 0.2) is 30.3 Å². The standard InChI is InChI=1S/C15H25O2P/c1-2-3-4-5-6-7-11-14-17-18(16)15-12-9-8-10-13-15/h8-10,12-13,16H,2-7,11,14H2,1H3. The van der Waals surface area contributed by atoms with Gasteiger partial charge in [0.15, 0.2) is 0 Å². The van der Waals surface area contributed by atoms with Crippen LogP contribution >= 0.6 is 8.38 Å². The lowest BCUT2D eigenvalue weighted by Gasteiger charge is -2.10. The first-order valence-electron chi connectivity index (χ1n) is 7.01. The van der Waals surface area contributed by atoms with Gasteiger partial charge in [0, 0.05) is 5.30 Å². The zero-order valence-corrected chi connectivity index (χ0v) is 12.2. The summed E-state index contributed by atoms with van der Waals surface area (Å²) in [6.45, 7) is 2.91. The molecule has 0 radical (unpaired) electrons. The highest BCUT2D eigenvalue weighted by molar-refractivity contribution is 7.55. The maximum absolute atomic E-state index is 9.84. The first-order valence-corrected chi connectivity index (χ1v) is 8.23. The van der Waals surface area contributed by atoms with Crippen molar-refractivity contribution in [3.05, 3.63) is 30.3 Å². The average Bonchev–Trinajstić information content (AvgIpc) is 2.42. The highest BCUT2D eigenvalue weighted by Gasteiger charge is 2.07. The van der Waals surface area contributed by atoms with E-state index in [9.17, 15) is 4.89 Å².